The van der Waals surface area contributed by atoms with Crippen LogP contribution in [0.15, 0.2) is 16.6 Å². The van der Waals surface area contributed by atoms with Gasteiger partial charge in [-0.05, 0) is 18.6 Å². The van der Waals surface area contributed by atoms with Crippen molar-refractivity contribution in [1.82, 2.24) is 0 Å². The van der Waals surface area contributed by atoms with E-state index in [1.54, 1.807) is 13.0 Å². The van der Waals surface area contributed by atoms with Gasteiger partial charge in [0.05, 0.1) is 6.42 Å². The highest BCUT2D eigenvalue weighted by Crippen LogP contribution is 2.25. The summed E-state index contributed by atoms with van der Waals surface area (Å²) >= 11 is 3.18. The monoisotopic (exact) mass is 275 g/mol. The number of rotatable bonds is 3. The number of halogens is 2. The molecule has 0 aliphatic rings. The van der Waals surface area contributed by atoms with Crippen LogP contribution < -0.4 is 5.73 Å². The lowest BCUT2D eigenvalue weighted by Crippen LogP contribution is -2.16. The van der Waals surface area contributed by atoms with Crippen LogP contribution in [0.25, 0.3) is 0 Å². The van der Waals surface area contributed by atoms with Crippen LogP contribution in [0.2, 0.25) is 0 Å². The van der Waals surface area contributed by atoms with E-state index < -0.39 is 17.8 Å². The quantitative estimate of drug-likeness (QED) is 0.890. The molecule has 1 atom stereocenters. The Kier molecular flexibility index (Phi) is 3.82. The Morgan fingerprint density at radius 2 is 2.27 bits per heavy atom. The first-order valence-corrected chi connectivity index (χ1v) is 5.14. The third kappa shape index (κ3) is 3.00. The molecule has 0 aromatic heterocycles. The van der Waals surface area contributed by atoms with E-state index in [1.807, 2.05) is 0 Å². The van der Waals surface area contributed by atoms with Crippen molar-refractivity contribution in [3.63, 3.8) is 0 Å². The van der Waals surface area contributed by atoms with E-state index in [9.17, 15) is 9.18 Å². The first-order valence-electron chi connectivity index (χ1n) is 4.34. The SMILES string of the molecule is Cc1cc(C(N)CC(=O)O)c(F)cc1Br. The van der Waals surface area contributed by atoms with Crippen molar-refractivity contribution in [3.8, 4) is 0 Å². The second kappa shape index (κ2) is 4.72. The van der Waals surface area contributed by atoms with E-state index in [-0.39, 0.29) is 12.0 Å². The minimum atomic E-state index is -1.04. The van der Waals surface area contributed by atoms with Crippen molar-refractivity contribution >= 4 is 21.9 Å². The van der Waals surface area contributed by atoms with Crippen molar-refractivity contribution < 1.29 is 14.3 Å². The fraction of sp³-hybridized carbons (Fsp3) is 0.300. The topological polar surface area (TPSA) is 63.3 Å². The largest absolute Gasteiger partial charge is 0.481 e. The summed E-state index contributed by atoms with van der Waals surface area (Å²) in [5.74, 6) is -1.52. The summed E-state index contributed by atoms with van der Waals surface area (Å²) in [7, 11) is 0. The number of nitrogens with two attached hydrogens (primary N) is 1. The minimum absolute atomic E-state index is 0.234. The summed E-state index contributed by atoms with van der Waals surface area (Å²) in [6.45, 7) is 1.79. The summed E-state index contributed by atoms with van der Waals surface area (Å²) in [6, 6.07) is 2.05. The van der Waals surface area contributed by atoms with Gasteiger partial charge in [-0.1, -0.05) is 22.0 Å². The van der Waals surface area contributed by atoms with Crippen molar-refractivity contribution in [2.45, 2.75) is 19.4 Å². The average molecular weight is 276 g/mol. The van der Waals surface area contributed by atoms with Crippen molar-refractivity contribution in [2.24, 2.45) is 5.73 Å². The molecule has 1 unspecified atom stereocenters. The van der Waals surface area contributed by atoms with Gasteiger partial charge in [0, 0.05) is 16.1 Å². The molecule has 3 N–H and O–H groups in total. The van der Waals surface area contributed by atoms with Gasteiger partial charge in [-0.2, -0.15) is 0 Å². The number of carboxylic acids is 1. The predicted molar refractivity (Wildman–Crippen MR) is 58.0 cm³/mol. The van der Waals surface area contributed by atoms with Crippen LogP contribution in [-0.4, -0.2) is 11.1 Å². The van der Waals surface area contributed by atoms with Gasteiger partial charge >= 0.3 is 5.97 Å². The predicted octanol–water partition coefficient (Wildman–Crippen LogP) is 2.37. The molecular weight excluding hydrogens is 265 g/mol. The highest BCUT2D eigenvalue weighted by molar-refractivity contribution is 9.10. The molecule has 0 amide bonds. The lowest BCUT2D eigenvalue weighted by molar-refractivity contribution is -0.137. The number of carbonyl (C=O) groups is 1. The van der Waals surface area contributed by atoms with E-state index in [4.69, 9.17) is 10.8 Å². The highest BCUT2D eigenvalue weighted by atomic mass is 79.9. The Balaban J connectivity index is 3.03. The molecule has 82 valence electrons. The van der Waals surface area contributed by atoms with Gasteiger partial charge in [-0.3, -0.25) is 4.79 Å². The van der Waals surface area contributed by atoms with Gasteiger partial charge in [0.2, 0.25) is 0 Å². The maximum Gasteiger partial charge on any atom is 0.305 e. The maximum absolute atomic E-state index is 13.4. The molecule has 1 aromatic carbocycles. The molecule has 0 saturated carbocycles. The molecule has 0 bridgehead atoms. The Morgan fingerprint density at radius 3 is 2.80 bits per heavy atom. The highest BCUT2D eigenvalue weighted by Gasteiger charge is 2.16. The fourth-order valence-electron chi connectivity index (χ4n) is 1.26. The summed E-state index contributed by atoms with van der Waals surface area (Å²) in [5, 5.41) is 8.55. The molecular formula is C10H11BrFNO2. The third-order valence-electron chi connectivity index (χ3n) is 2.07. The van der Waals surface area contributed by atoms with Gasteiger partial charge in [0.25, 0.3) is 0 Å². The molecule has 0 fully saturated rings. The molecule has 0 saturated heterocycles. The van der Waals surface area contributed by atoms with E-state index in [1.165, 1.54) is 6.07 Å². The molecule has 0 spiro atoms. The second-order valence-electron chi connectivity index (χ2n) is 3.33. The molecule has 15 heavy (non-hydrogen) atoms. The zero-order valence-corrected chi connectivity index (χ0v) is 9.71. The number of aliphatic carboxylic acids is 1. The van der Waals surface area contributed by atoms with Crippen LogP contribution in [0.4, 0.5) is 4.39 Å². The number of carboxylic acid groups (broad SMARTS) is 1. The summed E-state index contributed by atoms with van der Waals surface area (Å²) in [6.07, 6.45) is -0.280. The van der Waals surface area contributed by atoms with Crippen LogP contribution >= 0.6 is 15.9 Å². The van der Waals surface area contributed by atoms with E-state index >= 15 is 0 Å². The maximum atomic E-state index is 13.4. The van der Waals surface area contributed by atoms with Crippen molar-refractivity contribution in [1.29, 1.82) is 0 Å². The lowest BCUT2D eigenvalue weighted by Gasteiger charge is -2.12. The molecule has 0 aliphatic carbocycles. The molecule has 0 heterocycles. The number of aryl methyl sites for hydroxylation is 1. The van der Waals surface area contributed by atoms with E-state index in [0.29, 0.717) is 4.47 Å². The average Bonchev–Trinajstić information content (AvgIpc) is 2.09. The van der Waals surface area contributed by atoms with Gasteiger partial charge in [-0.25, -0.2) is 4.39 Å². The van der Waals surface area contributed by atoms with Crippen LogP contribution in [-0.2, 0) is 4.79 Å². The standard InChI is InChI=1S/C10H11BrFNO2/c1-5-2-6(8(12)3-7(5)11)9(13)4-10(14)15/h2-3,9H,4,13H2,1H3,(H,14,15). The molecule has 3 nitrogen and oxygen atoms in total. The smallest absolute Gasteiger partial charge is 0.305 e. The summed E-state index contributed by atoms with van der Waals surface area (Å²) in [5.41, 5.74) is 6.64. The first-order chi connectivity index (χ1) is 6.91. The number of hydrogen-bond acceptors (Lipinski definition) is 2. The molecule has 1 aromatic rings. The van der Waals surface area contributed by atoms with Gasteiger partial charge < -0.3 is 10.8 Å². The van der Waals surface area contributed by atoms with Crippen molar-refractivity contribution in [2.75, 3.05) is 0 Å². The van der Waals surface area contributed by atoms with Crippen LogP contribution in [0.1, 0.15) is 23.6 Å². The first kappa shape index (κ1) is 12.1. The number of benzene rings is 1. The third-order valence-corrected chi connectivity index (χ3v) is 2.93. The summed E-state index contributed by atoms with van der Waals surface area (Å²) < 4.78 is 14.1. The lowest BCUT2D eigenvalue weighted by atomic mass is 10.0. The molecule has 0 radical (unpaired) electrons. The van der Waals surface area contributed by atoms with Gasteiger partial charge in [0.1, 0.15) is 5.82 Å². The van der Waals surface area contributed by atoms with Crippen LogP contribution in [0.5, 0.6) is 0 Å². The molecule has 5 heteroatoms. The van der Waals surface area contributed by atoms with Gasteiger partial charge in [0.15, 0.2) is 0 Å². The Bertz CT molecular complexity index is 395. The molecule has 0 aliphatic heterocycles. The normalized spacial score (nSPS) is 12.5. The Morgan fingerprint density at radius 1 is 1.67 bits per heavy atom. The summed E-state index contributed by atoms with van der Waals surface area (Å²) in [4.78, 5) is 10.4. The second-order valence-corrected chi connectivity index (χ2v) is 4.18. The van der Waals surface area contributed by atoms with E-state index in [0.717, 1.165) is 5.56 Å². The fourth-order valence-corrected chi connectivity index (χ4v) is 1.58. The zero-order chi connectivity index (χ0) is 11.6. The van der Waals surface area contributed by atoms with Gasteiger partial charge in [-0.15, -0.1) is 0 Å². The van der Waals surface area contributed by atoms with Crippen LogP contribution in [0.3, 0.4) is 0 Å². The number of hydrogen-bond donors (Lipinski definition) is 2. The van der Waals surface area contributed by atoms with Crippen molar-refractivity contribution in [3.05, 3.63) is 33.5 Å². The molecule has 1 rings (SSSR count). The van der Waals surface area contributed by atoms with E-state index in [2.05, 4.69) is 15.9 Å². The minimum Gasteiger partial charge on any atom is -0.481 e. The van der Waals surface area contributed by atoms with Crippen LogP contribution in [0, 0.1) is 12.7 Å². The Labute approximate surface area is 95.2 Å². The zero-order valence-electron chi connectivity index (χ0n) is 8.13. The Hall–Kier alpha value is -0.940.